The molecule has 1 rings (SSSR count). The van der Waals surface area contributed by atoms with Crippen LogP contribution in [0.5, 0.6) is 0 Å². The normalized spacial score (nSPS) is 13.9. The van der Waals surface area contributed by atoms with Gasteiger partial charge in [0.25, 0.3) is 0 Å². The van der Waals surface area contributed by atoms with E-state index >= 15 is 0 Å². The number of rotatable bonds is 3. The van der Waals surface area contributed by atoms with Crippen LogP contribution in [0.3, 0.4) is 0 Å². The third kappa shape index (κ3) is 3.06. The van der Waals surface area contributed by atoms with Crippen LogP contribution in [0.25, 0.3) is 0 Å². The monoisotopic (exact) mass is 219 g/mol. The number of hydrogen-bond donors (Lipinski definition) is 2. The van der Waals surface area contributed by atoms with Crippen LogP contribution in [0, 0.1) is 5.82 Å². The third-order valence-electron chi connectivity index (χ3n) is 1.65. The summed E-state index contributed by atoms with van der Waals surface area (Å²) >= 11 is 0. The molecule has 0 aliphatic rings. The van der Waals surface area contributed by atoms with Crippen molar-refractivity contribution in [2.75, 3.05) is 5.75 Å². The summed E-state index contributed by atoms with van der Waals surface area (Å²) in [4.78, 5) is 0. The zero-order chi connectivity index (χ0) is 10.8. The first-order valence-electron chi connectivity index (χ1n) is 3.83. The third-order valence-corrected chi connectivity index (χ3v) is 2.43. The molecule has 6 heteroatoms. The van der Waals surface area contributed by atoms with Crippen molar-refractivity contribution >= 4 is 10.0 Å². The molecule has 0 heterocycles. The summed E-state index contributed by atoms with van der Waals surface area (Å²) in [7, 11) is -3.80. The maximum absolute atomic E-state index is 13.0. The van der Waals surface area contributed by atoms with Crippen LogP contribution in [0.1, 0.15) is 11.7 Å². The minimum atomic E-state index is -3.80. The average Bonchev–Trinajstić information content (AvgIpc) is 2.01. The van der Waals surface area contributed by atoms with Gasteiger partial charge >= 0.3 is 0 Å². The van der Waals surface area contributed by atoms with Crippen molar-refractivity contribution in [1.82, 2.24) is 0 Å². The molecule has 0 aliphatic heterocycles. The van der Waals surface area contributed by atoms with Gasteiger partial charge in [0, 0.05) is 5.56 Å². The number of hydrogen-bond acceptors (Lipinski definition) is 3. The molecule has 0 amide bonds. The molecule has 0 aromatic heterocycles. The first kappa shape index (κ1) is 11.1. The van der Waals surface area contributed by atoms with Gasteiger partial charge in [0.2, 0.25) is 10.0 Å². The zero-order valence-corrected chi connectivity index (χ0v) is 8.04. The Labute approximate surface area is 81.2 Å². The number of halogens is 1. The van der Waals surface area contributed by atoms with Crippen molar-refractivity contribution in [3.63, 3.8) is 0 Å². The quantitative estimate of drug-likeness (QED) is 0.759. The molecule has 0 saturated heterocycles. The average molecular weight is 219 g/mol. The van der Waals surface area contributed by atoms with Crippen LogP contribution in [0.15, 0.2) is 24.3 Å². The van der Waals surface area contributed by atoms with Crippen molar-refractivity contribution < 1.29 is 17.9 Å². The van der Waals surface area contributed by atoms with Gasteiger partial charge in [-0.3, -0.25) is 0 Å². The molecule has 0 saturated carbocycles. The smallest absolute Gasteiger partial charge is 0.211 e. The lowest BCUT2D eigenvalue weighted by atomic mass is 10.1. The molecule has 78 valence electrons. The van der Waals surface area contributed by atoms with E-state index in [1.807, 2.05) is 0 Å². The highest BCUT2D eigenvalue weighted by molar-refractivity contribution is 7.89. The van der Waals surface area contributed by atoms with Crippen LogP contribution < -0.4 is 5.14 Å². The molecule has 14 heavy (non-hydrogen) atoms. The standard InChI is InChI=1S/C8H10FNO3S/c9-7-4-2-1-3-6(7)8(11)5-14(10,12)13/h1-4,8,11H,5H2,(H2,10,12,13). The van der Waals surface area contributed by atoms with E-state index in [1.165, 1.54) is 18.2 Å². The Morgan fingerprint density at radius 2 is 2.00 bits per heavy atom. The zero-order valence-electron chi connectivity index (χ0n) is 7.22. The molecular formula is C8H10FNO3S. The second kappa shape index (κ2) is 4.04. The first-order valence-corrected chi connectivity index (χ1v) is 5.54. The van der Waals surface area contributed by atoms with Gasteiger partial charge in [0.15, 0.2) is 0 Å². The second-order valence-electron chi connectivity index (χ2n) is 2.87. The Morgan fingerprint density at radius 3 is 2.50 bits per heavy atom. The molecular weight excluding hydrogens is 209 g/mol. The first-order chi connectivity index (χ1) is 6.40. The maximum Gasteiger partial charge on any atom is 0.211 e. The van der Waals surface area contributed by atoms with E-state index in [9.17, 15) is 17.9 Å². The van der Waals surface area contributed by atoms with Crippen LogP contribution in [0.2, 0.25) is 0 Å². The van der Waals surface area contributed by atoms with E-state index in [-0.39, 0.29) is 5.56 Å². The van der Waals surface area contributed by atoms with Crippen LogP contribution in [-0.4, -0.2) is 19.3 Å². The highest BCUT2D eigenvalue weighted by Gasteiger charge is 2.17. The Morgan fingerprint density at radius 1 is 1.43 bits per heavy atom. The molecule has 0 fully saturated rings. The largest absolute Gasteiger partial charge is 0.387 e. The number of nitrogens with two attached hydrogens (primary N) is 1. The SMILES string of the molecule is NS(=O)(=O)CC(O)c1ccccc1F. The van der Waals surface area contributed by atoms with Crippen molar-refractivity contribution in [1.29, 1.82) is 0 Å². The molecule has 0 aliphatic carbocycles. The topological polar surface area (TPSA) is 80.4 Å². The molecule has 1 unspecified atom stereocenters. The summed E-state index contributed by atoms with van der Waals surface area (Å²) in [6, 6.07) is 5.40. The summed E-state index contributed by atoms with van der Waals surface area (Å²) < 4.78 is 34.3. The van der Waals surface area contributed by atoms with E-state index < -0.39 is 27.7 Å². The lowest BCUT2D eigenvalue weighted by Crippen LogP contribution is -2.22. The Balaban J connectivity index is 2.90. The van der Waals surface area contributed by atoms with Gasteiger partial charge in [-0.1, -0.05) is 18.2 Å². The van der Waals surface area contributed by atoms with Gasteiger partial charge < -0.3 is 5.11 Å². The number of sulfonamides is 1. The second-order valence-corrected chi connectivity index (χ2v) is 4.53. The van der Waals surface area contributed by atoms with Gasteiger partial charge in [-0.25, -0.2) is 17.9 Å². The molecule has 4 nitrogen and oxygen atoms in total. The summed E-state index contributed by atoms with van der Waals surface area (Å²) in [5.41, 5.74) is -0.0680. The highest BCUT2D eigenvalue weighted by Crippen LogP contribution is 2.17. The van der Waals surface area contributed by atoms with Gasteiger partial charge in [-0.05, 0) is 6.07 Å². The van der Waals surface area contributed by atoms with E-state index in [1.54, 1.807) is 0 Å². The Bertz CT molecular complexity index is 418. The lowest BCUT2D eigenvalue weighted by molar-refractivity contribution is 0.196. The van der Waals surface area contributed by atoms with Gasteiger partial charge in [-0.15, -0.1) is 0 Å². The van der Waals surface area contributed by atoms with E-state index in [0.717, 1.165) is 6.07 Å². The minimum absolute atomic E-state index is 0.0680. The molecule has 3 N–H and O–H groups in total. The predicted molar refractivity (Wildman–Crippen MR) is 49.3 cm³/mol. The van der Waals surface area contributed by atoms with Crippen molar-refractivity contribution in [3.8, 4) is 0 Å². The summed E-state index contributed by atoms with van der Waals surface area (Å²) in [5.74, 6) is -1.34. The predicted octanol–water partition coefficient (Wildman–Crippen LogP) is 0.148. The van der Waals surface area contributed by atoms with Crippen molar-refractivity contribution in [2.24, 2.45) is 5.14 Å². The fourth-order valence-electron chi connectivity index (χ4n) is 1.06. The minimum Gasteiger partial charge on any atom is -0.387 e. The van der Waals surface area contributed by atoms with Crippen LogP contribution in [-0.2, 0) is 10.0 Å². The summed E-state index contributed by atoms with van der Waals surface area (Å²) in [6.07, 6.45) is -1.42. The number of aliphatic hydroxyl groups is 1. The molecule has 1 atom stereocenters. The van der Waals surface area contributed by atoms with Gasteiger partial charge in [0.05, 0.1) is 11.9 Å². The molecule has 1 aromatic carbocycles. The Kier molecular flexibility index (Phi) is 3.20. The van der Waals surface area contributed by atoms with Crippen LogP contribution >= 0.6 is 0 Å². The van der Waals surface area contributed by atoms with Gasteiger partial charge in [-0.2, -0.15) is 0 Å². The highest BCUT2D eigenvalue weighted by atomic mass is 32.2. The Hall–Kier alpha value is -0.980. The fraction of sp³-hybridized carbons (Fsp3) is 0.250. The van der Waals surface area contributed by atoms with Gasteiger partial charge in [0.1, 0.15) is 5.82 Å². The summed E-state index contributed by atoms with van der Waals surface area (Å²) in [6.45, 7) is 0. The number of aliphatic hydroxyl groups excluding tert-OH is 1. The van der Waals surface area contributed by atoms with Crippen LogP contribution in [0.4, 0.5) is 4.39 Å². The molecule has 0 radical (unpaired) electrons. The lowest BCUT2D eigenvalue weighted by Gasteiger charge is -2.09. The molecule has 0 spiro atoms. The number of benzene rings is 1. The maximum atomic E-state index is 13.0. The van der Waals surface area contributed by atoms with E-state index in [4.69, 9.17) is 5.14 Å². The van der Waals surface area contributed by atoms with E-state index in [0.29, 0.717) is 0 Å². The molecule has 0 bridgehead atoms. The molecule has 1 aromatic rings. The fourth-order valence-corrected chi connectivity index (χ4v) is 1.67. The van der Waals surface area contributed by atoms with Crippen molar-refractivity contribution in [3.05, 3.63) is 35.6 Å². The summed E-state index contributed by atoms with van der Waals surface area (Å²) in [5, 5.41) is 14.1. The number of primary sulfonamides is 1. The van der Waals surface area contributed by atoms with Crippen molar-refractivity contribution in [2.45, 2.75) is 6.10 Å². The van der Waals surface area contributed by atoms with E-state index in [2.05, 4.69) is 0 Å².